The zero-order chi connectivity index (χ0) is 25.2. The van der Waals surface area contributed by atoms with Crippen molar-refractivity contribution >= 4 is 45.9 Å². The molecule has 2 aromatic carbocycles. The molecule has 0 unspecified atom stereocenters. The minimum atomic E-state index is -0.383. The molecule has 1 N–H and O–H groups in total. The minimum Gasteiger partial charge on any atom is -0.495 e. The minimum absolute atomic E-state index is 0.0291. The number of non-ortho nitro benzene ring substituents is 1. The van der Waals surface area contributed by atoms with Crippen molar-refractivity contribution in [3.05, 3.63) is 79.5 Å². The molecule has 1 amide bonds. The molecule has 0 aliphatic carbocycles. The molecule has 8 nitrogen and oxygen atoms in total. The van der Waals surface area contributed by atoms with Crippen LogP contribution in [-0.4, -0.2) is 50.2 Å². The van der Waals surface area contributed by atoms with Crippen molar-refractivity contribution in [2.24, 2.45) is 5.92 Å². The Kier molecular flexibility index (Phi) is 7.02. The van der Waals surface area contributed by atoms with Gasteiger partial charge in [-0.2, -0.15) is 0 Å². The van der Waals surface area contributed by atoms with Crippen LogP contribution in [-0.2, 0) is 17.6 Å². The summed E-state index contributed by atoms with van der Waals surface area (Å²) in [6, 6.07) is 14.5. The van der Waals surface area contributed by atoms with E-state index in [-0.39, 0.29) is 28.5 Å². The van der Waals surface area contributed by atoms with Crippen LogP contribution in [0, 0.1) is 16.0 Å². The Labute approximate surface area is 218 Å². The molecule has 1 aromatic heterocycles. The molecule has 2 atom stereocenters. The Morgan fingerprint density at radius 3 is 2.83 bits per heavy atom. The summed E-state index contributed by atoms with van der Waals surface area (Å²) in [6.07, 6.45) is 1.22. The summed E-state index contributed by atoms with van der Waals surface area (Å²) in [5, 5.41) is 17.2. The lowest BCUT2D eigenvalue weighted by molar-refractivity contribution is -0.384. The number of nitro benzene ring substituents is 1. The first-order chi connectivity index (χ1) is 17.4. The molecule has 2 aliphatic rings. The molecule has 5 rings (SSSR count). The molecule has 36 heavy (non-hydrogen) atoms. The summed E-state index contributed by atoms with van der Waals surface area (Å²) >= 11 is 7.98. The second kappa shape index (κ2) is 10.4. The van der Waals surface area contributed by atoms with E-state index in [4.69, 9.17) is 16.3 Å². The van der Waals surface area contributed by atoms with Crippen LogP contribution in [0.4, 0.5) is 17.1 Å². The molecule has 0 spiro atoms. The first-order valence-corrected chi connectivity index (χ1v) is 13.1. The molecular weight excluding hydrogens is 500 g/mol. The van der Waals surface area contributed by atoms with Gasteiger partial charge in [0, 0.05) is 53.9 Å². The molecule has 3 aromatic rings. The lowest BCUT2D eigenvalue weighted by Crippen LogP contribution is -2.61. The van der Waals surface area contributed by atoms with Crippen molar-refractivity contribution in [2.75, 3.05) is 43.1 Å². The number of hydrogen-bond donors (Lipinski definition) is 1. The number of piperazine rings is 1. The molecular formula is C26H27ClN4O4S. The normalized spacial score (nSPS) is 18.8. The van der Waals surface area contributed by atoms with Gasteiger partial charge in [-0.25, -0.2) is 0 Å². The van der Waals surface area contributed by atoms with E-state index < -0.39 is 0 Å². The largest absolute Gasteiger partial charge is 0.495 e. The number of carbonyl (C=O) groups is 1. The van der Waals surface area contributed by atoms with Gasteiger partial charge < -0.3 is 19.9 Å². The van der Waals surface area contributed by atoms with Crippen LogP contribution in [0.2, 0.25) is 5.02 Å². The first kappa shape index (κ1) is 24.4. The Hall–Kier alpha value is -3.30. The summed E-state index contributed by atoms with van der Waals surface area (Å²) in [6.45, 7) is 2.53. The summed E-state index contributed by atoms with van der Waals surface area (Å²) in [5.41, 5.74) is 2.75. The number of ether oxygens (including phenoxy) is 1. The Balaban J connectivity index is 1.43. The van der Waals surface area contributed by atoms with Gasteiger partial charge in [0.15, 0.2) is 0 Å². The van der Waals surface area contributed by atoms with E-state index in [1.165, 1.54) is 4.88 Å². The van der Waals surface area contributed by atoms with E-state index in [0.717, 1.165) is 29.1 Å². The Morgan fingerprint density at radius 2 is 2.08 bits per heavy atom. The molecule has 1 saturated heterocycles. The van der Waals surface area contributed by atoms with Gasteiger partial charge in [0.05, 0.1) is 29.7 Å². The predicted molar refractivity (Wildman–Crippen MR) is 143 cm³/mol. The molecule has 10 heteroatoms. The van der Waals surface area contributed by atoms with E-state index in [1.807, 2.05) is 29.6 Å². The van der Waals surface area contributed by atoms with Crippen LogP contribution >= 0.6 is 22.9 Å². The van der Waals surface area contributed by atoms with Gasteiger partial charge in [-0.05, 0) is 54.1 Å². The van der Waals surface area contributed by atoms with Crippen LogP contribution in [0.5, 0.6) is 5.75 Å². The van der Waals surface area contributed by atoms with Crippen molar-refractivity contribution in [3.8, 4) is 5.75 Å². The van der Waals surface area contributed by atoms with Crippen LogP contribution in [0.3, 0.4) is 0 Å². The monoisotopic (exact) mass is 526 g/mol. The number of thiophene rings is 1. The topological polar surface area (TPSA) is 87.9 Å². The highest BCUT2D eigenvalue weighted by molar-refractivity contribution is 7.09. The number of amides is 1. The number of methoxy groups -OCH3 is 1. The van der Waals surface area contributed by atoms with Crippen LogP contribution in [0.1, 0.15) is 10.4 Å². The van der Waals surface area contributed by atoms with Gasteiger partial charge >= 0.3 is 0 Å². The van der Waals surface area contributed by atoms with Gasteiger partial charge in [0.2, 0.25) is 5.91 Å². The second-order valence-electron chi connectivity index (χ2n) is 9.02. The molecule has 1 fully saturated rings. The fraction of sp³-hybridized carbons (Fsp3) is 0.346. The average molecular weight is 527 g/mol. The van der Waals surface area contributed by atoms with Crippen molar-refractivity contribution in [3.63, 3.8) is 0 Å². The fourth-order valence-electron chi connectivity index (χ4n) is 5.25. The van der Waals surface area contributed by atoms with Gasteiger partial charge in [0.25, 0.3) is 5.69 Å². The number of anilines is 2. The van der Waals surface area contributed by atoms with Crippen LogP contribution in [0.25, 0.3) is 0 Å². The fourth-order valence-corrected chi connectivity index (χ4v) is 6.12. The van der Waals surface area contributed by atoms with Gasteiger partial charge in [-0.1, -0.05) is 17.7 Å². The van der Waals surface area contributed by atoms with Gasteiger partial charge in [-0.3, -0.25) is 14.9 Å². The standard InChI is InChI=1S/C26H27ClN4O4S/c1-35-25-7-4-18(27)15-23(25)29-10-11-30-22-6-5-19(31(33)34)13-17(22)14-21(24(30)16-29)26(32)28-9-8-20-3-2-12-36-20/h2-7,12-13,15,21,24H,8-11,14,16H2,1H3,(H,28,32)/t21-,24+/m0/s1. The number of fused-ring (bicyclic) bond motifs is 3. The smallest absolute Gasteiger partial charge is 0.269 e. The summed E-state index contributed by atoms with van der Waals surface area (Å²) in [5.74, 6) is 0.353. The summed E-state index contributed by atoms with van der Waals surface area (Å²) in [4.78, 5) is 30.2. The van der Waals surface area contributed by atoms with E-state index in [2.05, 4.69) is 21.2 Å². The Morgan fingerprint density at radius 1 is 1.22 bits per heavy atom. The molecule has 2 aliphatic heterocycles. The molecule has 188 valence electrons. The highest BCUT2D eigenvalue weighted by Gasteiger charge is 2.42. The quantitative estimate of drug-likeness (QED) is 0.359. The summed E-state index contributed by atoms with van der Waals surface area (Å²) < 4.78 is 5.59. The highest BCUT2D eigenvalue weighted by Crippen LogP contribution is 2.40. The van der Waals surface area contributed by atoms with Gasteiger partial charge in [-0.15, -0.1) is 11.3 Å². The second-order valence-corrected chi connectivity index (χ2v) is 10.5. The van der Waals surface area contributed by atoms with E-state index in [0.29, 0.717) is 37.6 Å². The zero-order valence-corrected chi connectivity index (χ0v) is 21.4. The molecule has 0 radical (unpaired) electrons. The number of halogens is 1. The maximum Gasteiger partial charge on any atom is 0.269 e. The summed E-state index contributed by atoms with van der Waals surface area (Å²) in [7, 11) is 1.64. The number of benzene rings is 2. The molecule has 0 saturated carbocycles. The van der Waals surface area contributed by atoms with E-state index in [9.17, 15) is 14.9 Å². The number of rotatable bonds is 7. The predicted octanol–water partition coefficient (Wildman–Crippen LogP) is 4.54. The first-order valence-electron chi connectivity index (χ1n) is 11.9. The van der Waals surface area contributed by atoms with E-state index in [1.54, 1.807) is 36.6 Å². The highest BCUT2D eigenvalue weighted by atomic mass is 35.5. The molecule has 0 bridgehead atoms. The van der Waals surface area contributed by atoms with Crippen molar-refractivity contribution in [1.29, 1.82) is 0 Å². The average Bonchev–Trinajstić information content (AvgIpc) is 3.41. The molecule has 3 heterocycles. The Bertz CT molecular complexity index is 1270. The SMILES string of the molecule is COc1ccc(Cl)cc1N1CCN2c3ccc([N+](=O)[O-])cc3C[C@H](C(=O)NCCc3cccs3)[C@H]2C1. The maximum absolute atomic E-state index is 13.5. The number of nitro groups is 1. The van der Waals surface area contributed by atoms with Gasteiger partial charge in [0.1, 0.15) is 5.75 Å². The number of hydrogen-bond acceptors (Lipinski definition) is 7. The van der Waals surface area contributed by atoms with Crippen LogP contribution in [0.15, 0.2) is 53.9 Å². The zero-order valence-electron chi connectivity index (χ0n) is 19.9. The number of nitrogens with zero attached hydrogens (tertiary/aromatic N) is 3. The van der Waals surface area contributed by atoms with E-state index >= 15 is 0 Å². The number of nitrogens with one attached hydrogen (secondary N) is 1. The lowest BCUT2D eigenvalue weighted by atomic mass is 9.83. The van der Waals surface area contributed by atoms with Crippen LogP contribution < -0.4 is 19.9 Å². The lowest BCUT2D eigenvalue weighted by Gasteiger charge is -2.49. The van der Waals surface area contributed by atoms with Crippen molar-refractivity contribution in [1.82, 2.24) is 5.32 Å². The third-order valence-corrected chi connectivity index (χ3v) is 8.15. The van der Waals surface area contributed by atoms with Crippen molar-refractivity contribution in [2.45, 2.75) is 18.9 Å². The maximum atomic E-state index is 13.5. The van der Waals surface area contributed by atoms with Crippen molar-refractivity contribution < 1.29 is 14.5 Å². The third kappa shape index (κ3) is 4.85. The number of carbonyl (C=O) groups excluding carboxylic acids is 1. The third-order valence-electron chi connectivity index (χ3n) is 6.98.